The minimum atomic E-state index is -0.316. The van der Waals surface area contributed by atoms with Gasteiger partial charge in [-0.05, 0) is 29.8 Å². The van der Waals surface area contributed by atoms with Crippen LogP contribution in [-0.4, -0.2) is 53.0 Å². The lowest BCUT2D eigenvalue weighted by Crippen LogP contribution is -2.41. The molecule has 3 heterocycles. The first-order chi connectivity index (χ1) is 11.7. The second-order valence-corrected chi connectivity index (χ2v) is 5.35. The molecule has 0 aromatic carbocycles. The van der Waals surface area contributed by atoms with Crippen LogP contribution in [0.5, 0.6) is 0 Å². The van der Waals surface area contributed by atoms with Gasteiger partial charge in [0.15, 0.2) is 0 Å². The van der Waals surface area contributed by atoms with Crippen LogP contribution in [-0.2, 0) is 11.3 Å². The molecule has 3 rings (SSSR count). The maximum Gasteiger partial charge on any atom is 0.272 e. The van der Waals surface area contributed by atoms with Crippen molar-refractivity contribution < 1.29 is 14.3 Å². The molecular weight excluding hydrogens is 308 g/mol. The Balaban J connectivity index is 1.65. The summed E-state index contributed by atoms with van der Waals surface area (Å²) in [4.78, 5) is 34.5. The number of hydrogen-bond acceptors (Lipinski definition) is 5. The van der Waals surface area contributed by atoms with E-state index in [1.165, 1.54) is 0 Å². The third-order valence-corrected chi connectivity index (χ3v) is 3.70. The molecule has 1 N–H and O–H groups in total. The molecule has 2 aromatic rings. The number of ether oxygens (including phenoxy) is 1. The van der Waals surface area contributed by atoms with Crippen molar-refractivity contribution >= 4 is 11.8 Å². The molecule has 0 unspecified atom stereocenters. The van der Waals surface area contributed by atoms with Crippen LogP contribution in [0.4, 0.5) is 0 Å². The van der Waals surface area contributed by atoms with Crippen LogP contribution in [0.3, 0.4) is 0 Å². The second kappa shape index (κ2) is 7.65. The van der Waals surface area contributed by atoms with Gasteiger partial charge in [-0.25, -0.2) is 4.98 Å². The van der Waals surface area contributed by atoms with E-state index in [2.05, 4.69) is 15.3 Å². The van der Waals surface area contributed by atoms with E-state index in [1.54, 1.807) is 35.5 Å². The molecule has 7 heteroatoms. The van der Waals surface area contributed by atoms with Crippen LogP contribution in [0.15, 0.2) is 42.7 Å². The fourth-order valence-electron chi connectivity index (χ4n) is 2.38. The summed E-state index contributed by atoms with van der Waals surface area (Å²) >= 11 is 0. The maximum atomic E-state index is 12.4. The smallest absolute Gasteiger partial charge is 0.272 e. The number of carbonyl (C=O) groups excluding carboxylic acids is 2. The standard InChI is InChI=1S/C17H18N4O3/c22-16(19-12-13-4-6-18-7-5-13)14-2-1-3-15(20-14)17(23)21-8-10-24-11-9-21/h1-7H,8-12H2,(H,19,22). The molecule has 0 radical (unpaired) electrons. The minimum Gasteiger partial charge on any atom is -0.378 e. The summed E-state index contributed by atoms with van der Waals surface area (Å²) in [7, 11) is 0. The Hall–Kier alpha value is -2.80. The number of nitrogens with one attached hydrogen (secondary N) is 1. The van der Waals surface area contributed by atoms with Gasteiger partial charge in [-0.15, -0.1) is 0 Å². The molecule has 2 aromatic heterocycles. The highest BCUT2D eigenvalue weighted by atomic mass is 16.5. The van der Waals surface area contributed by atoms with E-state index in [-0.39, 0.29) is 23.2 Å². The summed E-state index contributed by atoms with van der Waals surface area (Å²) in [5.41, 5.74) is 1.44. The Kier molecular flexibility index (Phi) is 5.12. The highest BCUT2D eigenvalue weighted by molar-refractivity contribution is 5.96. The van der Waals surface area contributed by atoms with Gasteiger partial charge in [-0.2, -0.15) is 0 Å². The minimum absolute atomic E-state index is 0.179. The van der Waals surface area contributed by atoms with Crippen LogP contribution < -0.4 is 5.32 Å². The van der Waals surface area contributed by atoms with Crippen LogP contribution >= 0.6 is 0 Å². The van der Waals surface area contributed by atoms with Gasteiger partial charge in [0, 0.05) is 32.0 Å². The highest BCUT2D eigenvalue weighted by Crippen LogP contribution is 2.07. The summed E-state index contributed by atoms with van der Waals surface area (Å²) in [6, 6.07) is 8.54. The van der Waals surface area contributed by atoms with E-state index in [9.17, 15) is 9.59 Å². The van der Waals surface area contributed by atoms with Gasteiger partial charge in [0.25, 0.3) is 11.8 Å². The molecule has 1 fully saturated rings. The summed E-state index contributed by atoms with van der Waals surface area (Å²) in [5.74, 6) is -0.495. The van der Waals surface area contributed by atoms with Crippen molar-refractivity contribution in [1.29, 1.82) is 0 Å². The van der Waals surface area contributed by atoms with Gasteiger partial charge in [0.2, 0.25) is 0 Å². The largest absolute Gasteiger partial charge is 0.378 e. The van der Waals surface area contributed by atoms with Crippen molar-refractivity contribution in [1.82, 2.24) is 20.2 Å². The SMILES string of the molecule is O=C(NCc1ccncc1)c1cccc(C(=O)N2CCOCC2)n1. The van der Waals surface area contributed by atoms with Gasteiger partial charge in [-0.3, -0.25) is 14.6 Å². The second-order valence-electron chi connectivity index (χ2n) is 5.35. The quantitative estimate of drug-likeness (QED) is 0.901. The van der Waals surface area contributed by atoms with Gasteiger partial charge < -0.3 is 15.0 Å². The summed E-state index contributed by atoms with van der Waals surface area (Å²) in [5, 5.41) is 2.79. The first kappa shape index (κ1) is 16.1. The lowest BCUT2D eigenvalue weighted by Gasteiger charge is -2.26. The third kappa shape index (κ3) is 3.94. The number of morpholine rings is 1. The van der Waals surface area contributed by atoms with Gasteiger partial charge in [0.05, 0.1) is 13.2 Å². The Labute approximate surface area is 139 Å². The summed E-state index contributed by atoms with van der Waals surface area (Å²) in [6.45, 7) is 2.51. The molecule has 1 aliphatic heterocycles. The van der Waals surface area contributed by atoms with E-state index in [0.717, 1.165) is 5.56 Å². The molecule has 24 heavy (non-hydrogen) atoms. The number of amides is 2. The molecule has 0 bridgehead atoms. The van der Waals surface area contributed by atoms with Crippen LogP contribution in [0, 0.1) is 0 Å². The number of rotatable bonds is 4. The molecule has 0 saturated carbocycles. The highest BCUT2D eigenvalue weighted by Gasteiger charge is 2.20. The zero-order valence-electron chi connectivity index (χ0n) is 13.1. The zero-order chi connectivity index (χ0) is 16.8. The number of aromatic nitrogens is 2. The molecule has 2 amide bonds. The number of hydrogen-bond donors (Lipinski definition) is 1. The van der Waals surface area contributed by atoms with Crippen LogP contribution in [0.1, 0.15) is 26.5 Å². The van der Waals surface area contributed by atoms with Gasteiger partial charge in [-0.1, -0.05) is 6.07 Å². The fourth-order valence-corrected chi connectivity index (χ4v) is 2.38. The first-order valence-electron chi connectivity index (χ1n) is 7.75. The summed E-state index contributed by atoms with van der Waals surface area (Å²) in [6.07, 6.45) is 3.34. The van der Waals surface area contributed by atoms with Crippen molar-refractivity contribution in [2.24, 2.45) is 0 Å². The fraction of sp³-hybridized carbons (Fsp3) is 0.294. The van der Waals surface area contributed by atoms with Crippen molar-refractivity contribution in [3.05, 3.63) is 59.7 Å². The first-order valence-corrected chi connectivity index (χ1v) is 7.75. The predicted octanol–water partition coefficient (Wildman–Crippen LogP) is 0.879. The molecule has 0 aliphatic carbocycles. The lowest BCUT2D eigenvalue weighted by atomic mass is 10.2. The van der Waals surface area contributed by atoms with Crippen LogP contribution in [0.25, 0.3) is 0 Å². The molecule has 7 nitrogen and oxygen atoms in total. The van der Waals surface area contributed by atoms with E-state index in [4.69, 9.17) is 4.74 Å². The monoisotopic (exact) mass is 326 g/mol. The van der Waals surface area contributed by atoms with E-state index >= 15 is 0 Å². The predicted molar refractivity (Wildman–Crippen MR) is 86.4 cm³/mol. The average molecular weight is 326 g/mol. The normalized spacial score (nSPS) is 14.2. The number of nitrogens with zero attached hydrogens (tertiary/aromatic N) is 3. The molecule has 0 spiro atoms. The van der Waals surface area contributed by atoms with Crippen molar-refractivity contribution in [3.63, 3.8) is 0 Å². The van der Waals surface area contributed by atoms with Crippen molar-refractivity contribution in [3.8, 4) is 0 Å². The molecule has 0 atom stereocenters. The van der Waals surface area contributed by atoms with E-state index in [0.29, 0.717) is 32.8 Å². The van der Waals surface area contributed by atoms with Crippen molar-refractivity contribution in [2.45, 2.75) is 6.54 Å². The molecule has 1 saturated heterocycles. The molecule has 1 aliphatic rings. The van der Waals surface area contributed by atoms with Crippen LogP contribution in [0.2, 0.25) is 0 Å². The number of carbonyl (C=O) groups is 2. The Morgan fingerprint density at radius 3 is 2.54 bits per heavy atom. The zero-order valence-corrected chi connectivity index (χ0v) is 13.1. The third-order valence-electron chi connectivity index (χ3n) is 3.70. The van der Waals surface area contributed by atoms with E-state index in [1.807, 2.05) is 12.1 Å². The summed E-state index contributed by atoms with van der Waals surface area (Å²) < 4.78 is 5.24. The maximum absolute atomic E-state index is 12.4. The molecular formula is C17H18N4O3. The van der Waals surface area contributed by atoms with Gasteiger partial charge in [0.1, 0.15) is 11.4 Å². The molecule has 124 valence electrons. The Morgan fingerprint density at radius 2 is 1.79 bits per heavy atom. The Bertz CT molecular complexity index is 715. The lowest BCUT2D eigenvalue weighted by molar-refractivity contribution is 0.0299. The van der Waals surface area contributed by atoms with Gasteiger partial charge >= 0.3 is 0 Å². The van der Waals surface area contributed by atoms with E-state index < -0.39 is 0 Å². The Morgan fingerprint density at radius 1 is 1.08 bits per heavy atom. The average Bonchev–Trinajstić information content (AvgIpc) is 2.67. The topological polar surface area (TPSA) is 84.4 Å². The number of pyridine rings is 2. The van der Waals surface area contributed by atoms with Crippen molar-refractivity contribution in [2.75, 3.05) is 26.3 Å².